The van der Waals surface area contributed by atoms with Crippen LogP contribution in [0, 0.1) is 0 Å². The summed E-state index contributed by atoms with van der Waals surface area (Å²) in [6.07, 6.45) is 0.369. The topological polar surface area (TPSA) is 101 Å². The van der Waals surface area contributed by atoms with Gasteiger partial charge in [-0.1, -0.05) is 11.6 Å². The zero-order valence-electron chi connectivity index (χ0n) is 10.0. The average molecular weight is 349 g/mol. The van der Waals surface area contributed by atoms with E-state index in [1.54, 1.807) is 0 Å². The van der Waals surface area contributed by atoms with Gasteiger partial charge in [0.2, 0.25) is 0 Å². The van der Waals surface area contributed by atoms with Crippen molar-refractivity contribution in [2.45, 2.75) is 11.9 Å². The Hall–Kier alpha value is -1.52. The molecule has 1 aliphatic heterocycles. The van der Waals surface area contributed by atoms with Gasteiger partial charge in [0.05, 0.1) is 17.2 Å². The van der Waals surface area contributed by atoms with Crippen LogP contribution in [0.3, 0.4) is 0 Å². The molecule has 0 atom stereocenters. The van der Waals surface area contributed by atoms with Gasteiger partial charge in [-0.05, 0) is 6.07 Å². The summed E-state index contributed by atoms with van der Waals surface area (Å²) in [5.41, 5.74) is -5.08. The van der Waals surface area contributed by atoms with E-state index >= 15 is 0 Å². The maximum Gasteiger partial charge on any atom is 0.522 e. The van der Waals surface area contributed by atoms with Crippen molar-refractivity contribution in [3.8, 4) is 11.5 Å². The number of fused-ring (bicyclic) bond motifs is 1. The van der Waals surface area contributed by atoms with Crippen molar-refractivity contribution in [2.24, 2.45) is 0 Å². The molecule has 2 rings (SSSR count). The average Bonchev–Trinajstić information content (AvgIpc) is 2.30. The molecule has 118 valence electrons. The number of rotatable bonds is 0. The van der Waals surface area contributed by atoms with Gasteiger partial charge in [0.1, 0.15) is 11.5 Å². The summed E-state index contributed by atoms with van der Waals surface area (Å²) in [5.74, 6) is 0.358. The van der Waals surface area contributed by atoms with E-state index in [0.29, 0.717) is 24.3 Å². The predicted octanol–water partition coefficient (Wildman–Crippen LogP) is 2.40. The highest BCUT2D eigenvalue weighted by atomic mass is 35.5. The summed E-state index contributed by atoms with van der Waals surface area (Å²) >= 11 is 5.65. The third-order valence-electron chi connectivity index (χ3n) is 2.23. The molecule has 0 spiro atoms. The van der Waals surface area contributed by atoms with Crippen LogP contribution in [-0.2, 0) is 10.1 Å². The number of benzene rings is 1. The number of hydrogen-bond acceptors (Lipinski definition) is 5. The maximum atomic E-state index is 11.3. The van der Waals surface area contributed by atoms with E-state index in [1.165, 1.54) is 12.1 Å². The highest BCUT2D eigenvalue weighted by Crippen LogP contribution is 2.34. The number of hydrogen-bond donors (Lipinski definition) is 2. The van der Waals surface area contributed by atoms with Gasteiger partial charge < -0.3 is 9.84 Å². The monoisotopic (exact) mass is 348 g/mol. The first-order valence-electron chi connectivity index (χ1n) is 5.15. The van der Waals surface area contributed by atoms with Gasteiger partial charge in [-0.25, -0.2) is 0 Å². The lowest BCUT2D eigenvalue weighted by Gasteiger charge is -2.16. The van der Waals surface area contributed by atoms with E-state index in [-0.39, 0.29) is 16.6 Å². The van der Waals surface area contributed by atoms with E-state index in [9.17, 15) is 23.1 Å². The van der Waals surface area contributed by atoms with Crippen LogP contribution in [0.15, 0.2) is 12.1 Å². The second kappa shape index (κ2) is 6.08. The second-order valence-corrected chi connectivity index (χ2v) is 5.56. The number of ketones is 1. The fraction of sp³-hybridized carbons (Fsp3) is 0.300. The Labute approximate surface area is 121 Å². The number of carbonyl (C=O) groups is 1. The lowest BCUT2D eigenvalue weighted by Crippen LogP contribution is -2.21. The summed E-state index contributed by atoms with van der Waals surface area (Å²) in [7, 11) is -5.84. The molecule has 1 aromatic rings. The molecule has 1 aliphatic rings. The highest BCUT2D eigenvalue weighted by Gasteiger charge is 2.44. The van der Waals surface area contributed by atoms with Gasteiger partial charge in [0, 0.05) is 12.5 Å². The summed E-state index contributed by atoms with van der Waals surface area (Å²) in [6, 6.07) is 2.81. The minimum atomic E-state index is -5.84. The Bertz CT molecular complexity index is 655. The second-order valence-electron chi connectivity index (χ2n) is 3.74. The van der Waals surface area contributed by atoms with E-state index in [1.807, 2.05) is 0 Å². The van der Waals surface area contributed by atoms with Gasteiger partial charge in [-0.3, -0.25) is 9.35 Å². The molecule has 0 bridgehead atoms. The van der Waals surface area contributed by atoms with E-state index in [2.05, 4.69) is 0 Å². The number of alkyl halides is 3. The standard InChI is InChI=1S/C9H7ClO3.CHF3O3S/c10-6-3-5-7(11)1-2-13-9(5)4-8(6)12;2-1(3,4)8(5,6)7/h3-4,12H,1-2H2;(H,5,6,7). The molecule has 2 N–H and O–H groups in total. The number of halogens is 4. The van der Waals surface area contributed by atoms with Crippen molar-refractivity contribution in [3.63, 3.8) is 0 Å². The number of phenols is 1. The lowest BCUT2D eigenvalue weighted by molar-refractivity contribution is -0.0510. The minimum Gasteiger partial charge on any atom is -0.506 e. The third-order valence-corrected chi connectivity index (χ3v) is 3.12. The Morgan fingerprint density at radius 2 is 1.81 bits per heavy atom. The summed E-state index contributed by atoms with van der Waals surface area (Å²) in [6.45, 7) is 0.368. The Kier molecular flexibility index (Phi) is 5.07. The molecule has 0 aromatic heterocycles. The molecule has 1 heterocycles. The van der Waals surface area contributed by atoms with Crippen LogP contribution in [0.5, 0.6) is 11.5 Å². The van der Waals surface area contributed by atoms with Gasteiger partial charge in [-0.2, -0.15) is 21.6 Å². The number of ether oxygens (including phenoxy) is 1. The van der Waals surface area contributed by atoms with Gasteiger partial charge in [0.15, 0.2) is 5.78 Å². The van der Waals surface area contributed by atoms with Crippen molar-refractivity contribution < 1.29 is 40.8 Å². The summed E-state index contributed by atoms with van der Waals surface area (Å²) in [4.78, 5) is 11.3. The number of aromatic hydroxyl groups is 1. The Morgan fingerprint density at radius 1 is 1.29 bits per heavy atom. The van der Waals surface area contributed by atoms with Crippen molar-refractivity contribution >= 4 is 27.5 Å². The van der Waals surface area contributed by atoms with Crippen LogP contribution in [0.4, 0.5) is 13.2 Å². The molecule has 0 fully saturated rings. The van der Waals surface area contributed by atoms with Gasteiger partial charge >= 0.3 is 15.6 Å². The molecule has 0 saturated heterocycles. The van der Waals surface area contributed by atoms with E-state index < -0.39 is 15.6 Å². The molecule has 11 heteroatoms. The molecule has 0 radical (unpaired) electrons. The van der Waals surface area contributed by atoms with Gasteiger partial charge in [0.25, 0.3) is 0 Å². The molecule has 0 unspecified atom stereocenters. The fourth-order valence-electron chi connectivity index (χ4n) is 1.27. The molecule has 6 nitrogen and oxygen atoms in total. The Balaban J connectivity index is 0.000000240. The SMILES string of the molecule is O=C1CCOc2cc(O)c(Cl)cc21.O=S(=O)(O)C(F)(F)F. The molecular formula is C10H8ClF3O6S. The normalized spacial score (nSPS) is 14.6. The smallest absolute Gasteiger partial charge is 0.506 e. The summed E-state index contributed by atoms with van der Waals surface area (Å²) < 4.78 is 62.7. The van der Waals surface area contributed by atoms with Crippen molar-refractivity contribution in [3.05, 3.63) is 22.7 Å². The fourth-order valence-corrected chi connectivity index (χ4v) is 1.43. The highest BCUT2D eigenvalue weighted by molar-refractivity contribution is 7.86. The van der Waals surface area contributed by atoms with Gasteiger partial charge in [-0.15, -0.1) is 0 Å². The van der Waals surface area contributed by atoms with Crippen LogP contribution in [-0.4, -0.2) is 36.0 Å². The third kappa shape index (κ3) is 4.48. The maximum absolute atomic E-state index is 11.3. The van der Waals surface area contributed by atoms with E-state index in [4.69, 9.17) is 29.3 Å². The van der Waals surface area contributed by atoms with E-state index in [0.717, 1.165) is 0 Å². The number of Topliss-reactive ketones (excluding diaryl/α,β-unsaturated/α-hetero) is 1. The molecule has 1 aromatic carbocycles. The van der Waals surface area contributed by atoms with Crippen LogP contribution in [0.25, 0.3) is 0 Å². The molecule has 21 heavy (non-hydrogen) atoms. The molecule has 0 saturated carbocycles. The first kappa shape index (κ1) is 17.5. The number of carbonyl (C=O) groups excluding carboxylic acids is 1. The van der Waals surface area contributed by atoms with Crippen LogP contribution in [0.1, 0.15) is 16.8 Å². The first-order chi connectivity index (χ1) is 9.43. The van der Waals surface area contributed by atoms with Crippen molar-refractivity contribution in [1.82, 2.24) is 0 Å². The lowest BCUT2D eigenvalue weighted by atomic mass is 10.1. The molecule has 0 aliphatic carbocycles. The Morgan fingerprint density at radius 3 is 2.29 bits per heavy atom. The van der Waals surface area contributed by atoms with Crippen LogP contribution >= 0.6 is 11.6 Å². The first-order valence-corrected chi connectivity index (χ1v) is 6.97. The van der Waals surface area contributed by atoms with Crippen LogP contribution in [0.2, 0.25) is 5.02 Å². The zero-order valence-corrected chi connectivity index (χ0v) is 11.6. The predicted molar refractivity (Wildman–Crippen MR) is 65.2 cm³/mol. The quantitative estimate of drug-likeness (QED) is 0.551. The number of phenolic OH excluding ortho intramolecular Hbond substituents is 1. The minimum absolute atomic E-state index is 0.00292. The molecule has 0 amide bonds. The zero-order chi connectivity index (χ0) is 16.4. The largest absolute Gasteiger partial charge is 0.522 e. The van der Waals surface area contributed by atoms with Crippen LogP contribution < -0.4 is 4.74 Å². The van der Waals surface area contributed by atoms with Crippen molar-refractivity contribution in [1.29, 1.82) is 0 Å². The van der Waals surface area contributed by atoms with Crippen molar-refractivity contribution in [2.75, 3.05) is 6.61 Å². The summed E-state index contributed by atoms with van der Waals surface area (Å²) in [5, 5.41) is 9.42. The molecular weight excluding hydrogens is 341 g/mol.